The van der Waals surface area contributed by atoms with E-state index in [4.69, 9.17) is 0 Å². The lowest BCUT2D eigenvalue weighted by atomic mass is 10.2. The summed E-state index contributed by atoms with van der Waals surface area (Å²) in [5, 5.41) is 0. The largest absolute Gasteiger partial charge is 0.299 e. The van der Waals surface area contributed by atoms with Crippen molar-refractivity contribution < 1.29 is 4.79 Å². The maximum absolute atomic E-state index is 11.2. The summed E-state index contributed by atoms with van der Waals surface area (Å²) in [4.78, 5) is 11.2. The lowest BCUT2D eigenvalue weighted by Gasteiger charge is -2.07. The monoisotopic (exact) mass is 192 g/mol. The van der Waals surface area contributed by atoms with Crippen LogP contribution in [0.4, 0.5) is 5.69 Å². The topological polar surface area (TPSA) is 41.1 Å². The third-order valence-corrected chi connectivity index (χ3v) is 1.88. The molecule has 14 heavy (non-hydrogen) atoms. The second-order valence-corrected chi connectivity index (χ2v) is 3.14. The molecule has 1 aromatic rings. The Labute approximate surface area is 84.5 Å². The van der Waals surface area contributed by atoms with E-state index in [-0.39, 0.29) is 5.91 Å². The Bertz CT molecular complexity index is 272. The number of carbonyl (C=O) groups excluding carboxylic acids is 1. The van der Waals surface area contributed by atoms with E-state index in [9.17, 15) is 4.79 Å². The van der Waals surface area contributed by atoms with Crippen LogP contribution in [-0.4, -0.2) is 5.91 Å². The average Bonchev–Trinajstić information content (AvgIpc) is 2.25. The zero-order valence-electron chi connectivity index (χ0n) is 8.42. The van der Waals surface area contributed by atoms with Gasteiger partial charge in [-0.25, -0.2) is 0 Å². The fourth-order valence-electron chi connectivity index (χ4n) is 1.06. The van der Waals surface area contributed by atoms with Crippen LogP contribution >= 0.6 is 0 Å². The number of benzene rings is 1. The number of anilines is 1. The minimum absolute atomic E-state index is 0.0377. The molecule has 76 valence electrons. The smallest absolute Gasteiger partial charge is 0.238 e. The van der Waals surface area contributed by atoms with Gasteiger partial charge in [-0.15, -0.1) is 0 Å². The Kier molecular flexibility index (Phi) is 4.55. The first-order valence-corrected chi connectivity index (χ1v) is 4.93. The van der Waals surface area contributed by atoms with Gasteiger partial charge in [-0.2, -0.15) is 0 Å². The predicted octanol–water partition coefficient (Wildman–Crippen LogP) is 2.32. The first-order chi connectivity index (χ1) is 6.83. The van der Waals surface area contributed by atoms with E-state index < -0.39 is 0 Å². The van der Waals surface area contributed by atoms with Crippen molar-refractivity contribution in [2.24, 2.45) is 0 Å². The van der Waals surface area contributed by atoms with Gasteiger partial charge in [0.05, 0.1) is 5.69 Å². The second kappa shape index (κ2) is 6.02. The summed E-state index contributed by atoms with van der Waals surface area (Å²) < 4.78 is 0. The molecule has 3 nitrogen and oxygen atoms in total. The van der Waals surface area contributed by atoms with E-state index in [1.54, 1.807) is 0 Å². The fraction of sp³-hybridized carbons (Fsp3) is 0.364. The van der Waals surface area contributed by atoms with Gasteiger partial charge in [-0.1, -0.05) is 31.5 Å². The van der Waals surface area contributed by atoms with E-state index in [1.165, 1.54) is 0 Å². The SMILES string of the molecule is CCCCC(=O)NNc1ccccc1. The van der Waals surface area contributed by atoms with Gasteiger partial charge in [0, 0.05) is 6.42 Å². The number of para-hydroxylation sites is 1. The predicted molar refractivity (Wildman–Crippen MR) is 57.7 cm³/mol. The highest BCUT2D eigenvalue weighted by Gasteiger charge is 1.98. The number of hydrogen-bond acceptors (Lipinski definition) is 2. The van der Waals surface area contributed by atoms with Gasteiger partial charge < -0.3 is 0 Å². The Morgan fingerprint density at radius 3 is 2.64 bits per heavy atom. The van der Waals surface area contributed by atoms with E-state index in [0.717, 1.165) is 18.5 Å². The van der Waals surface area contributed by atoms with Gasteiger partial charge in [0.25, 0.3) is 0 Å². The molecule has 0 spiro atoms. The molecule has 2 N–H and O–H groups in total. The molecule has 1 amide bonds. The van der Waals surface area contributed by atoms with Crippen LogP contribution in [0.1, 0.15) is 26.2 Å². The molecule has 0 bridgehead atoms. The molecule has 1 aromatic carbocycles. The molecular weight excluding hydrogens is 176 g/mol. The number of amides is 1. The van der Waals surface area contributed by atoms with Crippen LogP contribution in [0.3, 0.4) is 0 Å². The number of unbranched alkanes of at least 4 members (excludes halogenated alkanes) is 1. The molecule has 0 unspecified atom stereocenters. The van der Waals surface area contributed by atoms with Crippen LogP contribution in [0, 0.1) is 0 Å². The maximum Gasteiger partial charge on any atom is 0.238 e. The second-order valence-electron chi connectivity index (χ2n) is 3.14. The molecule has 0 saturated heterocycles. The number of hydrazine groups is 1. The third-order valence-electron chi connectivity index (χ3n) is 1.88. The molecular formula is C11H16N2O. The third kappa shape index (κ3) is 3.94. The molecule has 0 aliphatic carbocycles. The number of carbonyl (C=O) groups is 1. The average molecular weight is 192 g/mol. The standard InChI is InChI=1S/C11H16N2O/c1-2-3-9-11(14)13-12-10-7-5-4-6-8-10/h4-8,12H,2-3,9H2,1H3,(H,13,14). The summed E-state index contributed by atoms with van der Waals surface area (Å²) in [7, 11) is 0. The lowest BCUT2D eigenvalue weighted by molar-refractivity contribution is -0.120. The molecule has 0 radical (unpaired) electrons. The van der Waals surface area contributed by atoms with E-state index in [0.29, 0.717) is 6.42 Å². The van der Waals surface area contributed by atoms with Gasteiger partial charge in [-0.3, -0.25) is 15.6 Å². The van der Waals surface area contributed by atoms with Crippen molar-refractivity contribution in [1.29, 1.82) is 0 Å². The summed E-state index contributed by atoms with van der Waals surface area (Å²) in [6.45, 7) is 2.07. The highest BCUT2D eigenvalue weighted by molar-refractivity contribution is 5.77. The van der Waals surface area contributed by atoms with Crippen LogP contribution in [0.5, 0.6) is 0 Å². The van der Waals surface area contributed by atoms with Crippen molar-refractivity contribution in [3.05, 3.63) is 30.3 Å². The number of rotatable bonds is 5. The van der Waals surface area contributed by atoms with E-state index >= 15 is 0 Å². The summed E-state index contributed by atoms with van der Waals surface area (Å²) >= 11 is 0. The van der Waals surface area contributed by atoms with Gasteiger partial charge in [-0.05, 0) is 18.6 Å². The highest BCUT2D eigenvalue weighted by Crippen LogP contribution is 2.02. The Morgan fingerprint density at radius 2 is 2.00 bits per heavy atom. The van der Waals surface area contributed by atoms with Crippen LogP contribution in [0.15, 0.2) is 30.3 Å². The molecule has 0 aliphatic rings. The molecule has 0 aromatic heterocycles. The van der Waals surface area contributed by atoms with Gasteiger partial charge in [0.2, 0.25) is 5.91 Å². The van der Waals surface area contributed by atoms with Crippen molar-refractivity contribution >= 4 is 11.6 Å². The molecule has 0 atom stereocenters. The first kappa shape index (κ1) is 10.6. The Hall–Kier alpha value is -1.51. The van der Waals surface area contributed by atoms with Crippen LogP contribution in [0.25, 0.3) is 0 Å². The zero-order valence-corrected chi connectivity index (χ0v) is 8.42. The maximum atomic E-state index is 11.2. The number of hydrogen-bond donors (Lipinski definition) is 2. The summed E-state index contributed by atoms with van der Waals surface area (Å²) in [5.74, 6) is 0.0377. The van der Waals surface area contributed by atoms with Crippen molar-refractivity contribution in [1.82, 2.24) is 5.43 Å². The molecule has 1 rings (SSSR count). The molecule has 3 heteroatoms. The minimum atomic E-state index is 0.0377. The Morgan fingerprint density at radius 1 is 1.29 bits per heavy atom. The quantitative estimate of drug-likeness (QED) is 0.703. The van der Waals surface area contributed by atoms with Gasteiger partial charge in [0.1, 0.15) is 0 Å². The molecule has 0 heterocycles. The van der Waals surface area contributed by atoms with Crippen molar-refractivity contribution in [2.75, 3.05) is 5.43 Å². The van der Waals surface area contributed by atoms with Crippen molar-refractivity contribution in [3.63, 3.8) is 0 Å². The summed E-state index contributed by atoms with van der Waals surface area (Å²) in [6.07, 6.45) is 2.55. The van der Waals surface area contributed by atoms with E-state index in [2.05, 4.69) is 17.8 Å². The summed E-state index contributed by atoms with van der Waals surface area (Å²) in [6, 6.07) is 9.57. The van der Waals surface area contributed by atoms with Crippen LogP contribution in [0.2, 0.25) is 0 Å². The molecule has 0 fully saturated rings. The summed E-state index contributed by atoms with van der Waals surface area (Å²) in [5.41, 5.74) is 6.40. The van der Waals surface area contributed by atoms with Crippen LogP contribution in [-0.2, 0) is 4.79 Å². The van der Waals surface area contributed by atoms with Crippen LogP contribution < -0.4 is 10.9 Å². The van der Waals surface area contributed by atoms with Gasteiger partial charge in [0.15, 0.2) is 0 Å². The van der Waals surface area contributed by atoms with E-state index in [1.807, 2.05) is 30.3 Å². The Balaban J connectivity index is 2.24. The minimum Gasteiger partial charge on any atom is -0.299 e. The zero-order chi connectivity index (χ0) is 10.2. The van der Waals surface area contributed by atoms with Gasteiger partial charge >= 0.3 is 0 Å². The first-order valence-electron chi connectivity index (χ1n) is 4.93. The van der Waals surface area contributed by atoms with Crippen molar-refractivity contribution in [2.45, 2.75) is 26.2 Å². The lowest BCUT2D eigenvalue weighted by Crippen LogP contribution is -2.28. The fourth-order valence-corrected chi connectivity index (χ4v) is 1.06. The normalized spacial score (nSPS) is 9.50. The molecule has 0 aliphatic heterocycles. The highest BCUT2D eigenvalue weighted by atomic mass is 16.2. The van der Waals surface area contributed by atoms with Crippen molar-refractivity contribution in [3.8, 4) is 0 Å². The molecule has 0 saturated carbocycles. The number of nitrogens with one attached hydrogen (secondary N) is 2.